The van der Waals surface area contributed by atoms with Gasteiger partial charge >= 0.3 is 5.97 Å². The molecule has 3 rings (SSSR count). The van der Waals surface area contributed by atoms with Gasteiger partial charge in [-0.2, -0.15) is 0 Å². The molecule has 0 unspecified atom stereocenters. The Morgan fingerprint density at radius 2 is 2.00 bits per heavy atom. The molecule has 1 aromatic carbocycles. The monoisotopic (exact) mass is 367 g/mol. The van der Waals surface area contributed by atoms with Gasteiger partial charge in [0.2, 0.25) is 5.91 Å². The fourth-order valence-electron chi connectivity index (χ4n) is 3.33. The number of rotatable bonds is 5. The van der Waals surface area contributed by atoms with E-state index in [0.717, 1.165) is 24.8 Å². The van der Waals surface area contributed by atoms with Gasteiger partial charge in [-0.3, -0.25) is 4.79 Å². The number of carbonyl (C=O) groups excluding carboxylic acids is 1. The maximum atomic E-state index is 12.5. The first kappa shape index (κ1) is 17.9. The molecule has 136 valence electrons. The zero-order chi connectivity index (χ0) is 18.0. The summed E-state index contributed by atoms with van der Waals surface area (Å²) in [6.07, 6.45) is 2.65. The van der Waals surface area contributed by atoms with Crippen LogP contribution < -0.4 is 0 Å². The van der Waals surface area contributed by atoms with E-state index in [9.17, 15) is 18.0 Å². The molecule has 0 saturated carbocycles. The summed E-state index contributed by atoms with van der Waals surface area (Å²) >= 11 is 0. The number of hydrogen-bond donors (Lipinski definition) is 1. The number of sulfone groups is 1. The summed E-state index contributed by atoms with van der Waals surface area (Å²) in [6.45, 7) is 0.348. The third kappa shape index (κ3) is 3.85. The molecule has 1 aliphatic carbocycles. The summed E-state index contributed by atoms with van der Waals surface area (Å²) in [7, 11) is -3.58. The molecule has 0 aromatic heterocycles. The quantitative estimate of drug-likeness (QED) is 0.820. The first-order valence-corrected chi connectivity index (χ1v) is 9.98. The van der Waals surface area contributed by atoms with Crippen molar-refractivity contribution in [3.05, 3.63) is 29.3 Å². The van der Waals surface area contributed by atoms with E-state index in [1.807, 2.05) is 6.07 Å². The van der Waals surface area contributed by atoms with Crippen molar-refractivity contribution in [1.82, 2.24) is 4.90 Å². The lowest BCUT2D eigenvalue weighted by atomic mass is 10.1. The molecule has 0 radical (unpaired) electrons. The van der Waals surface area contributed by atoms with Gasteiger partial charge in [0.25, 0.3) is 0 Å². The van der Waals surface area contributed by atoms with Gasteiger partial charge < -0.3 is 14.7 Å². The number of morpholine rings is 1. The molecule has 0 spiro atoms. The first-order chi connectivity index (χ1) is 11.9. The molecule has 1 saturated heterocycles. The number of amides is 1. The Kier molecular flexibility index (Phi) is 5.10. The number of aryl methyl sites for hydroxylation is 2. The Hall–Kier alpha value is -1.93. The number of ether oxygens (including phenoxy) is 1. The average molecular weight is 367 g/mol. The zero-order valence-electron chi connectivity index (χ0n) is 13.8. The van der Waals surface area contributed by atoms with E-state index in [4.69, 9.17) is 9.84 Å². The van der Waals surface area contributed by atoms with Gasteiger partial charge in [-0.15, -0.1) is 0 Å². The number of nitrogens with zero attached hydrogens (tertiary/aromatic N) is 1. The van der Waals surface area contributed by atoms with E-state index < -0.39 is 27.8 Å². The van der Waals surface area contributed by atoms with Gasteiger partial charge in [-0.25, -0.2) is 13.2 Å². The predicted octanol–water partition coefficient (Wildman–Crippen LogP) is 0.651. The van der Waals surface area contributed by atoms with Crippen molar-refractivity contribution >= 4 is 21.7 Å². The Balaban J connectivity index is 1.67. The van der Waals surface area contributed by atoms with Crippen LogP contribution in [0, 0.1) is 0 Å². The van der Waals surface area contributed by atoms with Crippen LogP contribution in [-0.4, -0.2) is 61.9 Å². The van der Waals surface area contributed by atoms with Gasteiger partial charge in [-0.1, -0.05) is 6.07 Å². The summed E-state index contributed by atoms with van der Waals surface area (Å²) in [5.41, 5.74) is 2.25. The lowest BCUT2D eigenvalue weighted by Gasteiger charge is -2.32. The number of fused-ring (bicyclic) bond motifs is 1. The van der Waals surface area contributed by atoms with Crippen LogP contribution in [0.2, 0.25) is 0 Å². The highest BCUT2D eigenvalue weighted by Gasteiger charge is 2.33. The normalized spacial score (nSPS) is 20.3. The maximum absolute atomic E-state index is 12.5. The van der Waals surface area contributed by atoms with Crippen LogP contribution in [0.4, 0.5) is 0 Å². The van der Waals surface area contributed by atoms with Crippen LogP contribution in [0.3, 0.4) is 0 Å². The Morgan fingerprint density at radius 3 is 2.76 bits per heavy atom. The summed E-state index contributed by atoms with van der Waals surface area (Å²) < 4.78 is 30.1. The van der Waals surface area contributed by atoms with Crippen LogP contribution in [0.25, 0.3) is 0 Å². The van der Waals surface area contributed by atoms with Crippen molar-refractivity contribution in [3.63, 3.8) is 0 Å². The van der Waals surface area contributed by atoms with Crippen LogP contribution in [0.1, 0.15) is 24.0 Å². The molecule has 1 fully saturated rings. The second-order valence-electron chi connectivity index (χ2n) is 6.37. The van der Waals surface area contributed by atoms with Gasteiger partial charge in [0.15, 0.2) is 15.9 Å². The SMILES string of the molecule is O=C(O)[C@H]1COCCN1C(=O)CCS(=O)(=O)c1ccc2c(c1)CCC2. The molecular weight excluding hydrogens is 346 g/mol. The smallest absolute Gasteiger partial charge is 0.328 e. The van der Waals surface area contributed by atoms with E-state index in [1.54, 1.807) is 12.1 Å². The first-order valence-electron chi connectivity index (χ1n) is 8.33. The third-order valence-electron chi connectivity index (χ3n) is 4.75. The summed E-state index contributed by atoms with van der Waals surface area (Å²) in [4.78, 5) is 25.0. The molecule has 2 aliphatic rings. The number of carbonyl (C=O) groups is 2. The topological polar surface area (TPSA) is 101 Å². The fourth-order valence-corrected chi connectivity index (χ4v) is 4.61. The summed E-state index contributed by atoms with van der Waals surface area (Å²) in [6, 6.07) is 4.10. The van der Waals surface area contributed by atoms with Gasteiger partial charge in [0.05, 0.1) is 23.9 Å². The highest BCUT2D eigenvalue weighted by atomic mass is 32.2. The van der Waals surface area contributed by atoms with Crippen molar-refractivity contribution < 1.29 is 27.9 Å². The molecule has 0 bridgehead atoms. The number of aliphatic carboxylic acids is 1. The minimum atomic E-state index is -3.58. The van der Waals surface area contributed by atoms with Gasteiger partial charge in [-0.05, 0) is 42.5 Å². The second-order valence-corrected chi connectivity index (χ2v) is 8.48. The van der Waals surface area contributed by atoms with E-state index in [0.29, 0.717) is 0 Å². The molecule has 8 heteroatoms. The van der Waals surface area contributed by atoms with Crippen LogP contribution in [0.5, 0.6) is 0 Å². The molecule has 1 atom stereocenters. The Labute approximate surface area is 146 Å². The molecule has 1 aliphatic heterocycles. The molecule has 25 heavy (non-hydrogen) atoms. The molecule has 1 amide bonds. The Morgan fingerprint density at radius 1 is 1.24 bits per heavy atom. The maximum Gasteiger partial charge on any atom is 0.328 e. The summed E-state index contributed by atoms with van der Waals surface area (Å²) in [5.74, 6) is -1.94. The van der Waals surface area contributed by atoms with Crippen LogP contribution in [-0.2, 0) is 37.0 Å². The second kappa shape index (κ2) is 7.13. The number of benzene rings is 1. The Bertz CT molecular complexity index is 788. The largest absolute Gasteiger partial charge is 0.480 e. The molecular formula is C17H21NO6S. The number of carboxylic acid groups (broad SMARTS) is 1. The van der Waals surface area contributed by atoms with Gasteiger partial charge in [0, 0.05) is 13.0 Å². The van der Waals surface area contributed by atoms with Crippen molar-refractivity contribution in [2.75, 3.05) is 25.5 Å². The van der Waals surface area contributed by atoms with E-state index in [-0.39, 0.29) is 36.8 Å². The molecule has 1 heterocycles. The van der Waals surface area contributed by atoms with Crippen molar-refractivity contribution in [3.8, 4) is 0 Å². The lowest BCUT2D eigenvalue weighted by Crippen LogP contribution is -2.52. The van der Waals surface area contributed by atoms with Gasteiger partial charge in [0.1, 0.15) is 0 Å². The van der Waals surface area contributed by atoms with E-state index in [1.165, 1.54) is 10.5 Å². The average Bonchev–Trinajstić information content (AvgIpc) is 3.07. The van der Waals surface area contributed by atoms with Crippen LogP contribution in [0.15, 0.2) is 23.1 Å². The highest BCUT2D eigenvalue weighted by molar-refractivity contribution is 7.91. The highest BCUT2D eigenvalue weighted by Crippen LogP contribution is 2.25. The van der Waals surface area contributed by atoms with Crippen molar-refractivity contribution in [2.45, 2.75) is 36.6 Å². The van der Waals surface area contributed by atoms with E-state index in [2.05, 4.69) is 0 Å². The fraction of sp³-hybridized carbons (Fsp3) is 0.529. The zero-order valence-corrected chi connectivity index (χ0v) is 14.6. The number of carboxylic acids is 1. The van der Waals surface area contributed by atoms with Crippen LogP contribution >= 0.6 is 0 Å². The third-order valence-corrected chi connectivity index (χ3v) is 6.46. The molecule has 1 N–H and O–H groups in total. The van der Waals surface area contributed by atoms with E-state index >= 15 is 0 Å². The lowest BCUT2D eigenvalue weighted by molar-refractivity contribution is -0.158. The summed E-state index contributed by atoms with van der Waals surface area (Å²) in [5, 5.41) is 9.16. The molecule has 1 aromatic rings. The van der Waals surface area contributed by atoms with Crippen molar-refractivity contribution in [2.24, 2.45) is 0 Å². The van der Waals surface area contributed by atoms with Crippen molar-refractivity contribution in [1.29, 1.82) is 0 Å². The predicted molar refractivity (Wildman–Crippen MR) is 89.1 cm³/mol. The molecule has 7 nitrogen and oxygen atoms in total. The minimum absolute atomic E-state index is 0.0708. The standard InChI is InChI=1S/C17H21NO6S/c19-16(18-7-8-24-11-15(18)17(20)21)6-9-25(22,23)14-5-4-12-2-1-3-13(12)10-14/h4-5,10,15H,1-3,6-9,11H2,(H,20,21)/t15-/m1/s1. The number of hydrogen-bond acceptors (Lipinski definition) is 5. The minimum Gasteiger partial charge on any atom is -0.480 e.